The number of carbonyl (C=O) groups is 11. The molecule has 2 aliphatic heterocycles. The fraction of sp³-hybridized carbons (Fsp3) is 0.685. The van der Waals surface area contributed by atoms with E-state index >= 15 is 19.2 Å². The minimum atomic E-state index is -1.41. The van der Waals surface area contributed by atoms with Gasteiger partial charge >= 0.3 is 0 Å². The molecule has 2 heterocycles. The zero-order valence-corrected chi connectivity index (χ0v) is 63.5. The number of benzene rings is 2. The molecule has 4 rings (SSSR count). The quantitative estimate of drug-likeness (QED) is 0.133. The lowest BCUT2D eigenvalue weighted by Gasteiger charge is -2.41. The Morgan fingerprint density at radius 3 is 1.53 bits per heavy atom. The summed E-state index contributed by atoms with van der Waals surface area (Å²) in [5, 5.41) is 11.2. The van der Waals surface area contributed by atoms with Crippen LogP contribution in [0.2, 0.25) is 0 Å². The summed E-state index contributed by atoms with van der Waals surface area (Å²) in [6.45, 7) is 28.4. The van der Waals surface area contributed by atoms with E-state index in [1.807, 2.05) is 117 Å². The van der Waals surface area contributed by atoms with Gasteiger partial charge in [-0.2, -0.15) is 0 Å². The molecule has 548 valence electrons. The maximum Gasteiger partial charge on any atom is 0.246 e. The third-order valence-electron chi connectivity index (χ3n) is 18.5. The minimum Gasteiger partial charge on any atom is -0.489 e. The standard InChI is InChI=1S/C73H117N11O13S/c1-24-53-69(91)78(17)39-58(85)79(18)54(33-41(2)3)66(88)77-60(45(10)11)72(94)80(19)55(34-42(4)5)65(87)74-48(15)64(86)75-49(16)68(90)81(20)56(35-43(6)7)70(92)82(21)57(36-44(8)9)71(93)83(22)61(46(12)13)73(95)84(23)62(67(89)76-53)63-47(14)37-59(97-63)98-52-32-28-31-51(38-52)96-40-50-29-26-25-27-30-50/h25-32,38,41-49,53-57,59-63H,24,33-37,39-40H2,1-23H3,(H,74,87)(H,75,86)(H,76,89)(H,77,88)/t47-,48+,49-,53+,54+,55+,56+,57+,59-,60+,61+,62+,63-/m1/s1. The first-order valence-electron chi connectivity index (χ1n) is 34.9. The summed E-state index contributed by atoms with van der Waals surface area (Å²) < 4.78 is 13.0. The van der Waals surface area contributed by atoms with E-state index in [1.165, 1.54) is 104 Å². The zero-order valence-electron chi connectivity index (χ0n) is 62.7. The first-order chi connectivity index (χ1) is 45.7. The molecule has 2 aromatic rings. The number of nitrogens with one attached hydrogen (secondary N) is 4. The van der Waals surface area contributed by atoms with Crippen molar-refractivity contribution in [2.45, 2.75) is 233 Å². The average Bonchev–Trinajstić information content (AvgIpc) is 1.39. The molecule has 0 unspecified atom stereocenters. The monoisotopic (exact) mass is 1390 g/mol. The molecule has 0 radical (unpaired) electrons. The topological polar surface area (TPSA) is 277 Å². The Hall–Kier alpha value is -7.28. The number of carbonyl (C=O) groups excluding carboxylic acids is 11. The van der Waals surface area contributed by atoms with Gasteiger partial charge in [0.2, 0.25) is 65.0 Å². The number of hydrogen-bond acceptors (Lipinski definition) is 14. The lowest BCUT2D eigenvalue weighted by molar-refractivity contribution is -0.157. The van der Waals surface area contributed by atoms with Crippen LogP contribution in [0.1, 0.15) is 155 Å². The molecule has 0 aromatic heterocycles. The van der Waals surface area contributed by atoms with Gasteiger partial charge in [0.15, 0.2) is 0 Å². The number of nitrogens with zero attached hydrogens (tertiary/aromatic N) is 7. The molecular formula is C73H117N11O13S. The number of thioether (sulfide) groups is 1. The molecule has 2 aliphatic rings. The molecule has 0 saturated carbocycles. The highest BCUT2D eigenvalue weighted by Gasteiger charge is 2.49. The van der Waals surface area contributed by atoms with Gasteiger partial charge in [0.1, 0.15) is 78.2 Å². The Morgan fingerprint density at radius 2 is 1.00 bits per heavy atom. The summed E-state index contributed by atoms with van der Waals surface area (Å²) >= 11 is 1.43. The maximum absolute atomic E-state index is 15.7. The van der Waals surface area contributed by atoms with Crippen molar-refractivity contribution in [3.63, 3.8) is 0 Å². The van der Waals surface area contributed by atoms with Crippen LogP contribution in [-0.4, -0.2) is 227 Å². The van der Waals surface area contributed by atoms with Crippen molar-refractivity contribution in [2.24, 2.45) is 41.4 Å². The molecular weight excluding hydrogens is 1270 g/mol. The predicted molar refractivity (Wildman–Crippen MR) is 379 cm³/mol. The summed E-state index contributed by atoms with van der Waals surface area (Å²) in [4.78, 5) is 173. The Kier molecular flexibility index (Phi) is 32.1. The molecule has 13 atom stereocenters. The van der Waals surface area contributed by atoms with Crippen LogP contribution in [-0.2, 0) is 64.1 Å². The van der Waals surface area contributed by atoms with Crippen LogP contribution in [0.5, 0.6) is 5.75 Å². The van der Waals surface area contributed by atoms with Crippen molar-refractivity contribution in [2.75, 3.05) is 55.9 Å². The Labute approximate surface area is 587 Å². The summed E-state index contributed by atoms with van der Waals surface area (Å²) in [6, 6.07) is 5.26. The van der Waals surface area contributed by atoms with Crippen LogP contribution < -0.4 is 26.0 Å². The minimum absolute atomic E-state index is 0.0487. The first kappa shape index (κ1) is 83.1. The molecule has 0 aliphatic carbocycles. The van der Waals surface area contributed by atoms with Gasteiger partial charge in [0.05, 0.1) is 12.6 Å². The van der Waals surface area contributed by atoms with E-state index in [0.717, 1.165) is 15.4 Å². The number of amides is 11. The van der Waals surface area contributed by atoms with Gasteiger partial charge < -0.3 is 65.0 Å². The average molecular weight is 1390 g/mol. The highest BCUT2D eigenvalue weighted by molar-refractivity contribution is 7.99. The van der Waals surface area contributed by atoms with E-state index in [2.05, 4.69) is 21.3 Å². The number of rotatable bonds is 17. The molecule has 11 amide bonds. The smallest absolute Gasteiger partial charge is 0.246 e. The summed E-state index contributed by atoms with van der Waals surface area (Å²) in [6.07, 6.45) is 0.155. The summed E-state index contributed by atoms with van der Waals surface area (Å²) in [5.74, 6) is -8.49. The van der Waals surface area contributed by atoms with Crippen molar-refractivity contribution < 1.29 is 62.2 Å². The molecule has 24 nitrogen and oxygen atoms in total. The van der Waals surface area contributed by atoms with E-state index in [-0.39, 0.29) is 61.7 Å². The molecule has 2 saturated heterocycles. The highest BCUT2D eigenvalue weighted by atomic mass is 32.2. The fourth-order valence-corrected chi connectivity index (χ4v) is 13.9. The van der Waals surface area contributed by atoms with Crippen LogP contribution in [0, 0.1) is 41.4 Å². The van der Waals surface area contributed by atoms with Crippen LogP contribution in [0.3, 0.4) is 0 Å². The molecule has 2 aromatic carbocycles. The van der Waals surface area contributed by atoms with Crippen molar-refractivity contribution in [3.8, 4) is 5.75 Å². The van der Waals surface area contributed by atoms with Crippen LogP contribution in [0.25, 0.3) is 0 Å². The number of likely N-dealkylation sites (N-methyl/N-ethyl adjacent to an activating group) is 7. The first-order valence-corrected chi connectivity index (χ1v) is 35.8. The van der Waals surface area contributed by atoms with Gasteiger partial charge in [-0.25, -0.2) is 0 Å². The third-order valence-corrected chi connectivity index (χ3v) is 19.6. The number of ether oxygens (including phenoxy) is 2. The lowest BCUT2D eigenvalue weighted by Crippen LogP contribution is -2.63. The van der Waals surface area contributed by atoms with Crippen molar-refractivity contribution >= 4 is 76.7 Å². The van der Waals surface area contributed by atoms with E-state index in [1.54, 1.807) is 34.6 Å². The SMILES string of the molecule is CC[C@@H]1NC(=O)[C@H]([C@@H]2O[C@H](Sc3cccc(OCc4ccccc4)c3)C[C@H]2C)N(C)C(=O)[C@H](C(C)C)N(C)C(=O)[C@H](CC(C)C)N(C)C(=O)[C@H](CC(C)C)N(C)C(=O)[C@@H](C)NC(=O)[C@H](C)NC(=O)[C@H](CC(C)C)N(C)C(=O)[C@H](C(C)C)NC(=O)[C@H](CC(C)C)N(C)C(=O)CN(C)C1=O. The second-order valence-electron chi connectivity index (χ2n) is 29.4. The Morgan fingerprint density at radius 1 is 0.500 bits per heavy atom. The summed E-state index contributed by atoms with van der Waals surface area (Å²) in [7, 11) is 10.2. The van der Waals surface area contributed by atoms with E-state index in [0.29, 0.717) is 18.8 Å². The van der Waals surface area contributed by atoms with Crippen LogP contribution in [0.4, 0.5) is 0 Å². The predicted octanol–water partition coefficient (Wildman–Crippen LogP) is 6.43. The Bertz CT molecular complexity index is 3060. The molecule has 98 heavy (non-hydrogen) atoms. The number of hydrogen-bond donors (Lipinski definition) is 4. The van der Waals surface area contributed by atoms with E-state index in [9.17, 15) is 33.6 Å². The second-order valence-corrected chi connectivity index (χ2v) is 30.7. The van der Waals surface area contributed by atoms with Gasteiger partial charge in [-0.05, 0) is 118 Å². The van der Waals surface area contributed by atoms with Gasteiger partial charge in [0.25, 0.3) is 0 Å². The molecule has 25 heteroatoms. The van der Waals surface area contributed by atoms with Crippen molar-refractivity contribution in [3.05, 3.63) is 60.2 Å². The van der Waals surface area contributed by atoms with Gasteiger partial charge in [-0.15, -0.1) is 0 Å². The van der Waals surface area contributed by atoms with E-state index < -0.39 is 155 Å². The zero-order chi connectivity index (χ0) is 74.1. The molecule has 4 N–H and O–H groups in total. The van der Waals surface area contributed by atoms with Gasteiger partial charge in [0, 0.05) is 54.2 Å². The molecule has 0 spiro atoms. The fourth-order valence-electron chi connectivity index (χ4n) is 12.7. The largest absolute Gasteiger partial charge is 0.489 e. The van der Waals surface area contributed by atoms with Crippen molar-refractivity contribution in [1.29, 1.82) is 0 Å². The summed E-state index contributed by atoms with van der Waals surface area (Å²) in [5.41, 5.74) is 0.475. The second kappa shape index (κ2) is 37.8. The van der Waals surface area contributed by atoms with E-state index in [4.69, 9.17) is 9.47 Å². The Balaban J connectivity index is 1.89. The third kappa shape index (κ3) is 22.6. The molecule has 2 fully saturated rings. The van der Waals surface area contributed by atoms with Crippen LogP contribution >= 0.6 is 11.8 Å². The lowest BCUT2D eigenvalue weighted by atomic mass is 9.93. The normalized spacial score (nSPS) is 27.1. The van der Waals surface area contributed by atoms with Gasteiger partial charge in [-0.1, -0.05) is 145 Å². The van der Waals surface area contributed by atoms with Gasteiger partial charge in [-0.3, -0.25) is 52.7 Å². The molecule has 0 bridgehead atoms. The van der Waals surface area contributed by atoms with Crippen molar-refractivity contribution in [1.82, 2.24) is 55.6 Å². The highest BCUT2D eigenvalue weighted by Crippen LogP contribution is 2.40. The maximum atomic E-state index is 15.7. The van der Waals surface area contributed by atoms with Crippen LogP contribution in [0.15, 0.2) is 59.5 Å².